The lowest BCUT2D eigenvalue weighted by Crippen LogP contribution is -2.38. The van der Waals surface area contributed by atoms with Crippen molar-refractivity contribution in [1.29, 1.82) is 0 Å². The molecule has 0 spiro atoms. The minimum Gasteiger partial charge on any atom is -0.494 e. The number of aliphatic imine (C=N–C) groups is 1. The molecule has 152 valence electrons. The zero-order valence-electron chi connectivity index (χ0n) is 17.1. The maximum absolute atomic E-state index is 5.69. The second kappa shape index (κ2) is 10.9. The first-order chi connectivity index (χ1) is 14.3. The van der Waals surface area contributed by atoms with Crippen LogP contribution in [-0.4, -0.2) is 35.4 Å². The van der Waals surface area contributed by atoms with Crippen LogP contribution in [0.5, 0.6) is 5.75 Å². The molecule has 0 aliphatic carbocycles. The van der Waals surface area contributed by atoms with Crippen LogP contribution in [0.4, 0.5) is 0 Å². The van der Waals surface area contributed by atoms with Crippen molar-refractivity contribution in [2.24, 2.45) is 4.99 Å². The van der Waals surface area contributed by atoms with Crippen molar-refractivity contribution < 1.29 is 4.74 Å². The Morgan fingerprint density at radius 1 is 1.03 bits per heavy atom. The van der Waals surface area contributed by atoms with Crippen molar-refractivity contribution in [2.75, 3.05) is 19.7 Å². The number of aromatic nitrogens is 2. The highest BCUT2D eigenvalue weighted by Crippen LogP contribution is 2.18. The molecule has 0 radical (unpaired) electrons. The molecular formula is C23H29N5O. The normalized spacial score (nSPS) is 11.3. The molecule has 0 bridgehead atoms. The Morgan fingerprint density at radius 2 is 1.83 bits per heavy atom. The fourth-order valence-electron chi connectivity index (χ4n) is 2.97. The summed E-state index contributed by atoms with van der Waals surface area (Å²) in [7, 11) is 0. The molecule has 2 N–H and O–H groups in total. The quantitative estimate of drug-likeness (QED) is 0.432. The number of hydrogen-bond donors (Lipinski definition) is 2. The van der Waals surface area contributed by atoms with Gasteiger partial charge in [0, 0.05) is 24.8 Å². The van der Waals surface area contributed by atoms with Gasteiger partial charge in [-0.15, -0.1) is 0 Å². The largest absolute Gasteiger partial charge is 0.494 e. The van der Waals surface area contributed by atoms with E-state index in [9.17, 15) is 0 Å². The molecule has 6 nitrogen and oxygen atoms in total. The molecule has 0 aliphatic rings. The van der Waals surface area contributed by atoms with Crippen LogP contribution in [0, 0.1) is 0 Å². The third-order valence-corrected chi connectivity index (χ3v) is 4.39. The number of nitrogens with one attached hydrogen (secondary N) is 2. The van der Waals surface area contributed by atoms with Crippen molar-refractivity contribution in [2.45, 2.75) is 26.8 Å². The molecule has 3 rings (SSSR count). The molecule has 0 atom stereocenters. The summed E-state index contributed by atoms with van der Waals surface area (Å²) in [4.78, 5) is 4.70. The van der Waals surface area contributed by atoms with Gasteiger partial charge in [-0.25, -0.2) is 9.67 Å². The van der Waals surface area contributed by atoms with Crippen LogP contribution < -0.4 is 15.4 Å². The average molecular weight is 392 g/mol. The number of benzene rings is 2. The van der Waals surface area contributed by atoms with E-state index in [-0.39, 0.29) is 0 Å². The predicted octanol–water partition coefficient (Wildman–Crippen LogP) is 3.57. The number of rotatable bonds is 9. The highest BCUT2D eigenvalue weighted by atomic mass is 16.5. The van der Waals surface area contributed by atoms with Gasteiger partial charge in [-0.2, -0.15) is 5.10 Å². The van der Waals surface area contributed by atoms with Crippen molar-refractivity contribution in [1.82, 2.24) is 20.4 Å². The van der Waals surface area contributed by atoms with E-state index in [4.69, 9.17) is 9.73 Å². The van der Waals surface area contributed by atoms with Crippen molar-refractivity contribution in [3.63, 3.8) is 0 Å². The summed E-state index contributed by atoms with van der Waals surface area (Å²) < 4.78 is 7.59. The zero-order valence-corrected chi connectivity index (χ0v) is 17.1. The molecule has 1 heterocycles. The van der Waals surface area contributed by atoms with Crippen molar-refractivity contribution in [3.05, 3.63) is 78.1 Å². The maximum atomic E-state index is 5.69. The van der Waals surface area contributed by atoms with E-state index >= 15 is 0 Å². The van der Waals surface area contributed by atoms with E-state index in [2.05, 4.69) is 34.9 Å². The minimum atomic E-state index is 0.567. The second-order valence-electron chi connectivity index (χ2n) is 6.54. The Labute approximate surface area is 172 Å². The molecule has 2 aromatic carbocycles. The Kier molecular flexibility index (Phi) is 7.69. The fraction of sp³-hybridized carbons (Fsp3) is 0.304. The van der Waals surface area contributed by atoms with Crippen LogP contribution in [0.3, 0.4) is 0 Å². The van der Waals surface area contributed by atoms with E-state index < -0.39 is 0 Å². The average Bonchev–Trinajstić information content (AvgIpc) is 3.23. The molecule has 0 fully saturated rings. The zero-order chi connectivity index (χ0) is 20.3. The van der Waals surface area contributed by atoms with Gasteiger partial charge in [0.25, 0.3) is 0 Å². The highest BCUT2D eigenvalue weighted by Gasteiger charge is 2.04. The molecule has 29 heavy (non-hydrogen) atoms. The molecule has 0 aliphatic heterocycles. The minimum absolute atomic E-state index is 0.567. The topological polar surface area (TPSA) is 63.5 Å². The molecule has 0 amide bonds. The first-order valence-electron chi connectivity index (χ1n) is 10.1. The van der Waals surface area contributed by atoms with Crippen molar-refractivity contribution >= 4 is 5.96 Å². The van der Waals surface area contributed by atoms with Gasteiger partial charge in [0.15, 0.2) is 5.96 Å². The number of ether oxygens (including phenoxy) is 1. The number of nitrogens with zero attached hydrogens (tertiary/aromatic N) is 3. The third-order valence-electron chi connectivity index (χ3n) is 4.39. The predicted molar refractivity (Wildman–Crippen MR) is 118 cm³/mol. The second-order valence-corrected chi connectivity index (χ2v) is 6.54. The molecule has 6 heteroatoms. The molecule has 0 saturated carbocycles. The lowest BCUT2D eigenvalue weighted by atomic mass is 10.2. The van der Waals surface area contributed by atoms with Gasteiger partial charge in [-0.3, -0.25) is 0 Å². The van der Waals surface area contributed by atoms with Crippen LogP contribution in [0.15, 0.2) is 72.0 Å². The van der Waals surface area contributed by atoms with Gasteiger partial charge in [0.05, 0.1) is 25.0 Å². The Hall–Kier alpha value is -3.28. The lowest BCUT2D eigenvalue weighted by molar-refractivity contribution is 0.336. The van der Waals surface area contributed by atoms with Crippen LogP contribution in [-0.2, 0) is 13.0 Å². The summed E-state index contributed by atoms with van der Waals surface area (Å²) in [5, 5.41) is 11.2. The van der Waals surface area contributed by atoms with Crippen LogP contribution >= 0.6 is 0 Å². The molecule has 1 aromatic heterocycles. The summed E-state index contributed by atoms with van der Waals surface area (Å²) in [5.41, 5.74) is 3.32. The van der Waals surface area contributed by atoms with Gasteiger partial charge >= 0.3 is 0 Å². The molecular weight excluding hydrogens is 362 g/mol. The van der Waals surface area contributed by atoms with Crippen LogP contribution in [0.25, 0.3) is 5.69 Å². The van der Waals surface area contributed by atoms with E-state index in [1.54, 1.807) is 0 Å². The number of para-hydroxylation sites is 2. The van der Waals surface area contributed by atoms with Gasteiger partial charge in [-0.1, -0.05) is 36.4 Å². The van der Waals surface area contributed by atoms with Crippen LogP contribution in [0.2, 0.25) is 0 Å². The summed E-state index contributed by atoms with van der Waals surface area (Å²) in [5.74, 6) is 1.69. The van der Waals surface area contributed by atoms with E-state index in [0.717, 1.165) is 42.5 Å². The third kappa shape index (κ3) is 6.10. The molecule has 0 saturated heterocycles. The van der Waals surface area contributed by atoms with Gasteiger partial charge in [-0.05, 0) is 44.0 Å². The lowest BCUT2D eigenvalue weighted by Gasteiger charge is -2.12. The van der Waals surface area contributed by atoms with Gasteiger partial charge in [0.1, 0.15) is 5.75 Å². The van der Waals surface area contributed by atoms with E-state index in [1.807, 2.05) is 66.3 Å². The summed E-state index contributed by atoms with van der Waals surface area (Å²) >= 11 is 0. The Bertz CT molecular complexity index is 904. The number of hydrogen-bond acceptors (Lipinski definition) is 3. The Balaban J connectivity index is 1.56. The molecule has 3 aromatic rings. The van der Waals surface area contributed by atoms with Crippen molar-refractivity contribution in [3.8, 4) is 11.4 Å². The summed E-state index contributed by atoms with van der Waals surface area (Å²) in [6.07, 6.45) is 4.85. The van der Waals surface area contributed by atoms with Crippen LogP contribution in [0.1, 0.15) is 25.0 Å². The van der Waals surface area contributed by atoms with Gasteiger partial charge in [0.2, 0.25) is 0 Å². The summed E-state index contributed by atoms with van der Waals surface area (Å²) in [6, 6.07) is 18.2. The Morgan fingerprint density at radius 3 is 2.62 bits per heavy atom. The first kappa shape index (κ1) is 20.5. The summed E-state index contributed by atoms with van der Waals surface area (Å²) in [6.45, 7) is 6.86. The highest BCUT2D eigenvalue weighted by molar-refractivity contribution is 5.79. The van der Waals surface area contributed by atoms with E-state index in [1.165, 1.54) is 5.56 Å². The van der Waals surface area contributed by atoms with E-state index in [0.29, 0.717) is 13.2 Å². The first-order valence-corrected chi connectivity index (χ1v) is 10.1. The SMILES string of the molecule is CCNC(=NCc1ccccc1OCC)NCCc1cnn(-c2ccccc2)c1. The molecule has 0 unspecified atom stereocenters. The maximum Gasteiger partial charge on any atom is 0.191 e. The standard InChI is InChI=1S/C23H29N5O/c1-3-24-23(26-17-20-10-8-9-13-22(20)29-4-2)25-15-14-19-16-27-28(18-19)21-11-6-5-7-12-21/h5-13,16,18H,3-4,14-15,17H2,1-2H3,(H2,24,25,26). The fourth-order valence-corrected chi connectivity index (χ4v) is 2.97. The number of guanidine groups is 1. The van der Waals surface area contributed by atoms with Gasteiger partial charge < -0.3 is 15.4 Å². The smallest absolute Gasteiger partial charge is 0.191 e. The monoisotopic (exact) mass is 391 g/mol.